The maximum Gasteiger partial charge on any atom is 0.417 e. The number of nitriles is 1. The molecule has 1 aliphatic rings. The molecule has 0 spiro atoms. The maximum atomic E-state index is 13.0. The molecule has 24 heavy (non-hydrogen) atoms. The first kappa shape index (κ1) is 16.1. The van der Waals surface area contributed by atoms with E-state index < -0.39 is 11.7 Å². The van der Waals surface area contributed by atoms with E-state index in [9.17, 15) is 13.2 Å². The van der Waals surface area contributed by atoms with Crippen molar-refractivity contribution >= 4 is 11.4 Å². The number of hydrogen-bond acceptors (Lipinski definition) is 4. The second-order valence-electron chi connectivity index (χ2n) is 5.60. The number of aromatic nitrogens is 3. The summed E-state index contributed by atoms with van der Waals surface area (Å²) in [6.45, 7) is 1.89. The predicted molar refractivity (Wildman–Crippen MR) is 81.8 cm³/mol. The summed E-state index contributed by atoms with van der Waals surface area (Å²) < 4.78 is 40.8. The Morgan fingerprint density at radius 1 is 1.38 bits per heavy atom. The highest BCUT2D eigenvalue weighted by Crippen LogP contribution is 2.34. The number of anilines is 1. The third-order valence-electron chi connectivity index (χ3n) is 3.89. The lowest BCUT2D eigenvalue weighted by Crippen LogP contribution is -2.15. The number of hydrogen-bond donors (Lipinski definition) is 1. The van der Waals surface area contributed by atoms with Gasteiger partial charge in [-0.25, -0.2) is 4.68 Å². The van der Waals surface area contributed by atoms with Crippen LogP contribution in [-0.4, -0.2) is 21.0 Å². The topological polar surface area (TPSA) is 66.5 Å². The number of aryl methyl sites for hydroxylation is 1. The van der Waals surface area contributed by atoms with Gasteiger partial charge in [0, 0.05) is 17.4 Å². The molecule has 1 aromatic heterocycles. The van der Waals surface area contributed by atoms with Crippen molar-refractivity contribution in [3.05, 3.63) is 47.3 Å². The van der Waals surface area contributed by atoms with Crippen LogP contribution in [0.3, 0.4) is 0 Å². The van der Waals surface area contributed by atoms with Crippen LogP contribution in [0.25, 0.3) is 5.70 Å². The Hall–Kier alpha value is -2.82. The van der Waals surface area contributed by atoms with E-state index in [0.29, 0.717) is 5.69 Å². The van der Waals surface area contributed by atoms with Gasteiger partial charge in [-0.3, -0.25) is 0 Å². The van der Waals surface area contributed by atoms with Crippen LogP contribution < -0.4 is 5.32 Å². The van der Waals surface area contributed by atoms with Gasteiger partial charge >= 0.3 is 6.18 Å². The highest BCUT2D eigenvalue weighted by Gasteiger charge is 2.34. The number of nitrogens with one attached hydrogen (secondary N) is 1. The van der Waals surface area contributed by atoms with Crippen molar-refractivity contribution in [1.82, 2.24) is 15.0 Å². The summed E-state index contributed by atoms with van der Waals surface area (Å²) in [5.74, 6) is 0. The van der Waals surface area contributed by atoms with Gasteiger partial charge in [-0.1, -0.05) is 5.21 Å². The molecule has 0 radical (unpaired) electrons. The van der Waals surface area contributed by atoms with Crippen molar-refractivity contribution < 1.29 is 13.2 Å². The number of rotatable bonds is 3. The summed E-state index contributed by atoms with van der Waals surface area (Å²) in [7, 11) is 0. The molecule has 1 unspecified atom stereocenters. The van der Waals surface area contributed by atoms with E-state index in [1.54, 1.807) is 16.9 Å². The summed E-state index contributed by atoms with van der Waals surface area (Å²) >= 11 is 0. The Labute approximate surface area is 136 Å². The van der Waals surface area contributed by atoms with Crippen LogP contribution >= 0.6 is 0 Å². The van der Waals surface area contributed by atoms with Crippen LogP contribution in [0.1, 0.15) is 29.7 Å². The summed E-state index contributed by atoms with van der Waals surface area (Å²) in [6.07, 6.45) is 0.530. The number of allylic oxidation sites excluding steroid dienone is 1. The van der Waals surface area contributed by atoms with Crippen molar-refractivity contribution in [2.75, 3.05) is 5.32 Å². The molecule has 0 fully saturated rings. The van der Waals surface area contributed by atoms with Gasteiger partial charge in [0.2, 0.25) is 0 Å². The molecule has 5 nitrogen and oxygen atoms in total. The van der Waals surface area contributed by atoms with Gasteiger partial charge in [0.15, 0.2) is 0 Å². The second-order valence-corrected chi connectivity index (χ2v) is 5.60. The Morgan fingerprint density at radius 2 is 2.17 bits per heavy atom. The van der Waals surface area contributed by atoms with Gasteiger partial charge in [0.1, 0.15) is 0 Å². The molecule has 0 aliphatic heterocycles. The first-order valence-electron chi connectivity index (χ1n) is 7.35. The molecule has 1 aliphatic carbocycles. The third kappa shape index (κ3) is 3.11. The highest BCUT2D eigenvalue weighted by molar-refractivity contribution is 5.57. The Morgan fingerprint density at radius 3 is 2.79 bits per heavy atom. The van der Waals surface area contributed by atoms with Crippen molar-refractivity contribution in [2.24, 2.45) is 0 Å². The van der Waals surface area contributed by atoms with Crippen molar-refractivity contribution in [2.45, 2.75) is 32.0 Å². The summed E-state index contributed by atoms with van der Waals surface area (Å²) in [6, 6.07) is 5.13. The lowest BCUT2D eigenvalue weighted by atomic mass is 10.1. The molecular weight excluding hydrogens is 319 g/mol. The third-order valence-corrected chi connectivity index (χ3v) is 3.89. The minimum Gasteiger partial charge on any atom is -0.379 e. The van der Waals surface area contributed by atoms with Crippen molar-refractivity contribution in [1.29, 1.82) is 5.26 Å². The standard InChI is InChI=1S/C16H14F3N5/c1-10-9-21-23-24(10)14-5-4-12(6-14)22-13-3-2-11(8-20)15(7-13)16(17,18)19/h2-3,6-7,9,12,22H,4-5H2,1H3. The van der Waals surface area contributed by atoms with Crippen LogP contribution in [0.5, 0.6) is 0 Å². The van der Waals surface area contributed by atoms with Gasteiger partial charge in [0.05, 0.1) is 29.1 Å². The van der Waals surface area contributed by atoms with E-state index in [-0.39, 0.29) is 11.6 Å². The minimum absolute atomic E-state index is 0.0994. The number of alkyl halides is 3. The molecule has 1 atom stereocenters. The van der Waals surface area contributed by atoms with Crippen LogP contribution in [0.2, 0.25) is 0 Å². The molecular formula is C16H14F3N5. The average Bonchev–Trinajstić information content (AvgIpc) is 3.15. The molecule has 0 amide bonds. The van der Waals surface area contributed by atoms with Crippen LogP contribution in [0, 0.1) is 18.3 Å². The first-order valence-corrected chi connectivity index (χ1v) is 7.35. The normalized spacial score (nSPS) is 17.5. The monoisotopic (exact) mass is 333 g/mol. The van der Waals surface area contributed by atoms with Crippen LogP contribution in [0.4, 0.5) is 18.9 Å². The van der Waals surface area contributed by atoms with Crippen molar-refractivity contribution in [3.63, 3.8) is 0 Å². The molecule has 3 rings (SSSR count). The van der Waals surface area contributed by atoms with E-state index in [4.69, 9.17) is 5.26 Å². The van der Waals surface area contributed by atoms with E-state index in [0.717, 1.165) is 30.3 Å². The Kier molecular flexibility index (Phi) is 4.01. The van der Waals surface area contributed by atoms with E-state index >= 15 is 0 Å². The minimum atomic E-state index is -4.56. The molecule has 1 aromatic carbocycles. The Balaban J connectivity index is 1.82. The van der Waals surface area contributed by atoms with Gasteiger partial charge in [-0.2, -0.15) is 18.4 Å². The van der Waals surface area contributed by atoms with E-state index in [1.165, 1.54) is 12.1 Å². The highest BCUT2D eigenvalue weighted by atomic mass is 19.4. The van der Waals surface area contributed by atoms with Gasteiger partial charge < -0.3 is 5.32 Å². The SMILES string of the molecule is Cc1cnnn1C1=CC(Nc2ccc(C#N)c(C(F)(F)F)c2)CC1. The van der Waals surface area contributed by atoms with E-state index in [2.05, 4.69) is 15.6 Å². The largest absolute Gasteiger partial charge is 0.417 e. The fourth-order valence-electron chi connectivity index (χ4n) is 2.74. The second kappa shape index (κ2) is 6.00. The predicted octanol–water partition coefficient (Wildman–Crippen LogP) is 3.59. The number of nitrogens with zero attached hydrogens (tertiary/aromatic N) is 4. The van der Waals surface area contributed by atoms with Crippen molar-refractivity contribution in [3.8, 4) is 6.07 Å². The van der Waals surface area contributed by atoms with Gasteiger partial charge in [-0.15, -0.1) is 5.10 Å². The molecule has 0 saturated carbocycles. The maximum absolute atomic E-state index is 13.0. The lowest BCUT2D eigenvalue weighted by Gasteiger charge is -2.15. The fourth-order valence-corrected chi connectivity index (χ4v) is 2.74. The number of benzene rings is 1. The van der Waals surface area contributed by atoms with Gasteiger partial charge in [-0.05, 0) is 44.0 Å². The molecule has 2 aromatic rings. The number of halogens is 3. The zero-order chi connectivity index (χ0) is 17.3. The van der Waals surface area contributed by atoms with Gasteiger partial charge in [0.25, 0.3) is 0 Å². The zero-order valence-electron chi connectivity index (χ0n) is 12.8. The van der Waals surface area contributed by atoms with Crippen LogP contribution in [0.15, 0.2) is 30.5 Å². The molecule has 8 heteroatoms. The molecule has 1 N–H and O–H groups in total. The van der Waals surface area contributed by atoms with E-state index in [1.807, 2.05) is 13.0 Å². The molecule has 0 saturated heterocycles. The molecule has 1 heterocycles. The first-order chi connectivity index (χ1) is 11.4. The zero-order valence-corrected chi connectivity index (χ0v) is 12.8. The fraction of sp³-hybridized carbons (Fsp3) is 0.312. The smallest absolute Gasteiger partial charge is 0.379 e. The lowest BCUT2D eigenvalue weighted by molar-refractivity contribution is -0.137. The average molecular weight is 333 g/mol. The van der Waals surface area contributed by atoms with Crippen LogP contribution in [-0.2, 0) is 6.18 Å². The Bertz CT molecular complexity index is 829. The summed E-state index contributed by atoms with van der Waals surface area (Å²) in [5, 5.41) is 19.7. The molecule has 0 bridgehead atoms. The quantitative estimate of drug-likeness (QED) is 0.932. The molecule has 124 valence electrons. The summed E-state index contributed by atoms with van der Waals surface area (Å²) in [5.41, 5.74) is 0.893. The summed E-state index contributed by atoms with van der Waals surface area (Å²) in [4.78, 5) is 0.